The van der Waals surface area contributed by atoms with Gasteiger partial charge in [0.1, 0.15) is 29.9 Å². The van der Waals surface area contributed by atoms with Crippen molar-refractivity contribution in [1.29, 1.82) is 0 Å². The van der Waals surface area contributed by atoms with E-state index >= 15 is 0 Å². The maximum atomic E-state index is 13.5. The quantitative estimate of drug-likeness (QED) is 0.535. The molecule has 1 aliphatic heterocycles. The Labute approximate surface area is 135 Å². The Hall–Kier alpha value is -2.15. The topological polar surface area (TPSA) is 129 Å². The molecule has 4 unspecified atom stereocenters. The van der Waals surface area contributed by atoms with Crippen LogP contribution in [0.3, 0.4) is 0 Å². The largest absolute Gasteiger partial charge is 0.438 e. The van der Waals surface area contributed by atoms with Crippen molar-refractivity contribution in [3.63, 3.8) is 0 Å². The molecule has 1 aliphatic rings. The van der Waals surface area contributed by atoms with Crippen LogP contribution in [0.4, 0.5) is 17.6 Å². The predicted molar refractivity (Wildman–Crippen MR) is 71.8 cm³/mol. The van der Waals surface area contributed by atoms with Gasteiger partial charge < -0.3 is 25.0 Å². The second-order valence-corrected chi connectivity index (χ2v) is 5.41. The van der Waals surface area contributed by atoms with Crippen LogP contribution in [0.25, 0.3) is 11.2 Å². The van der Waals surface area contributed by atoms with Gasteiger partial charge in [-0.15, -0.1) is 0 Å². The summed E-state index contributed by atoms with van der Waals surface area (Å²) in [5.74, 6) is -1.88. The maximum Gasteiger partial charge on any atom is 0.438 e. The average Bonchev–Trinajstić information content (AvgIpc) is 2.81. The van der Waals surface area contributed by atoms with Crippen molar-refractivity contribution in [3.8, 4) is 0 Å². The Morgan fingerprint density at radius 2 is 1.92 bits per heavy atom. The number of pyridine rings is 1. The Morgan fingerprint density at radius 3 is 2.48 bits per heavy atom. The van der Waals surface area contributed by atoms with Gasteiger partial charge in [0.25, 0.3) is 5.56 Å². The van der Waals surface area contributed by atoms with Crippen LogP contribution in [0.1, 0.15) is 17.4 Å². The molecule has 4 N–H and O–H groups in total. The summed E-state index contributed by atoms with van der Waals surface area (Å²) in [5, 5.41) is 28.7. The van der Waals surface area contributed by atoms with Crippen LogP contribution >= 0.6 is 0 Å². The van der Waals surface area contributed by atoms with Gasteiger partial charge in [0.2, 0.25) is 11.6 Å². The second kappa shape index (κ2) is 5.98. The van der Waals surface area contributed by atoms with Crippen molar-refractivity contribution in [2.75, 3.05) is 6.61 Å². The number of aromatic amines is 1. The number of aliphatic hydroxyl groups excluding tert-OH is 3. The van der Waals surface area contributed by atoms with E-state index in [-0.39, 0.29) is 5.56 Å². The number of nitrogens with zero attached hydrogens (tertiary/aromatic N) is 2. The Balaban J connectivity index is 2.10. The highest BCUT2D eigenvalue weighted by Gasteiger charge is 2.44. The molecule has 0 radical (unpaired) electrons. The first-order valence-corrected chi connectivity index (χ1v) is 6.93. The molecule has 3 rings (SSSR count). The molecule has 2 aromatic heterocycles. The van der Waals surface area contributed by atoms with Crippen LogP contribution in [0.15, 0.2) is 10.9 Å². The van der Waals surface area contributed by atoms with Crippen LogP contribution in [-0.4, -0.2) is 55.2 Å². The lowest BCUT2D eigenvalue weighted by atomic mass is 10.0. The van der Waals surface area contributed by atoms with Crippen LogP contribution in [0.2, 0.25) is 0 Å². The summed E-state index contributed by atoms with van der Waals surface area (Å²) in [5.41, 5.74) is -4.15. The molecule has 136 valence electrons. The minimum Gasteiger partial charge on any atom is -0.394 e. The number of nitrogens with one attached hydrogen (secondary N) is 1. The SMILES string of the molecule is O=c1[nH]c2nc(C(F)(F)F)c(F)nc2cc1C1OC(CO)C(O)C1O. The number of aliphatic hydroxyl groups is 3. The summed E-state index contributed by atoms with van der Waals surface area (Å²) in [6.45, 7) is -0.635. The fraction of sp³-hybridized carbons (Fsp3) is 0.462. The van der Waals surface area contributed by atoms with Crippen LogP contribution in [-0.2, 0) is 10.9 Å². The first-order chi connectivity index (χ1) is 11.6. The molecular weight excluding hydrogens is 354 g/mol. The zero-order valence-electron chi connectivity index (χ0n) is 12.2. The molecule has 0 saturated carbocycles. The predicted octanol–water partition coefficient (Wildman–Crippen LogP) is -0.370. The Bertz CT molecular complexity index is 871. The number of hydrogen-bond donors (Lipinski definition) is 4. The summed E-state index contributed by atoms with van der Waals surface area (Å²) < 4.78 is 56.6. The molecular formula is C13H11F4N3O5. The lowest BCUT2D eigenvalue weighted by Crippen LogP contribution is -2.33. The van der Waals surface area contributed by atoms with Gasteiger partial charge in [0, 0.05) is 0 Å². The minimum atomic E-state index is -5.09. The van der Waals surface area contributed by atoms with E-state index in [0.29, 0.717) is 0 Å². The smallest absolute Gasteiger partial charge is 0.394 e. The minimum absolute atomic E-state index is 0.302. The first-order valence-electron chi connectivity index (χ1n) is 6.93. The summed E-state index contributed by atoms with van der Waals surface area (Å²) in [6.07, 6.45) is -10.7. The molecule has 0 bridgehead atoms. The number of rotatable bonds is 2. The van der Waals surface area contributed by atoms with E-state index in [1.807, 2.05) is 4.98 Å². The number of fused-ring (bicyclic) bond motifs is 1. The van der Waals surface area contributed by atoms with Gasteiger partial charge in [0.15, 0.2) is 5.65 Å². The monoisotopic (exact) mass is 365 g/mol. The van der Waals surface area contributed by atoms with Gasteiger partial charge in [-0.2, -0.15) is 17.6 Å². The summed E-state index contributed by atoms with van der Waals surface area (Å²) in [4.78, 5) is 20.3. The highest BCUT2D eigenvalue weighted by Crippen LogP contribution is 2.33. The Morgan fingerprint density at radius 1 is 1.24 bits per heavy atom. The zero-order chi connectivity index (χ0) is 18.5. The number of H-pyrrole nitrogens is 1. The molecule has 0 aromatic carbocycles. The maximum absolute atomic E-state index is 13.5. The number of ether oxygens (including phenoxy) is 1. The first kappa shape index (κ1) is 17.7. The molecule has 8 nitrogen and oxygen atoms in total. The highest BCUT2D eigenvalue weighted by molar-refractivity contribution is 5.70. The zero-order valence-corrected chi connectivity index (χ0v) is 12.2. The standard InChI is InChI=1S/C13H11F4N3O5/c14-10-9(13(15,16)17)19-11-4(18-10)1-3(12(24)20-11)8-7(23)6(22)5(2-21)25-8/h1,5-8,21-23H,2H2,(H,19,20,24). The fourth-order valence-corrected chi connectivity index (χ4v) is 2.56. The molecule has 4 atom stereocenters. The summed E-state index contributed by atoms with van der Waals surface area (Å²) in [7, 11) is 0. The van der Waals surface area contributed by atoms with Gasteiger partial charge in [-0.05, 0) is 6.07 Å². The van der Waals surface area contributed by atoms with E-state index in [9.17, 15) is 32.6 Å². The van der Waals surface area contributed by atoms with E-state index in [1.165, 1.54) is 0 Å². The third-order valence-corrected chi connectivity index (χ3v) is 3.78. The van der Waals surface area contributed by atoms with E-state index in [2.05, 4.69) is 9.97 Å². The molecule has 0 spiro atoms. The molecule has 1 saturated heterocycles. The normalized spacial score (nSPS) is 27.2. The van der Waals surface area contributed by atoms with Crippen molar-refractivity contribution in [2.45, 2.75) is 30.6 Å². The molecule has 12 heteroatoms. The van der Waals surface area contributed by atoms with E-state index in [4.69, 9.17) is 9.84 Å². The van der Waals surface area contributed by atoms with Crippen molar-refractivity contribution in [3.05, 3.63) is 33.6 Å². The third kappa shape index (κ3) is 2.97. The summed E-state index contributed by atoms with van der Waals surface area (Å²) in [6, 6.07) is 0.908. The van der Waals surface area contributed by atoms with Gasteiger partial charge in [-0.3, -0.25) is 4.79 Å². The van der Waals surface area contributed by atoms with E-state index in [0.717, 1.165) is 6.07 Å². The van der Waals surface area contributed by atoms with Gasteiger partial charge in [-0.1, -0.05) is 0 Å². The second-order valence-electron chi connectivity index (χ2n) is 5.41. The highest BCUT2D eigenvalue weighted by atomic mass is 19.4. The molecule has 0 amide bonds. The molecule has 2 aromatic rings. The van der Waals surface area contributed by atoms with Crippen LogP contribution < -0.4 is 5.56 Å². The molecule has 25 heavy (non-hydrogen) atoms. The van der Waals surface area contributed by atoms with Crippen molar-refractivity contribution in [2.24, 2.45) is 0 Å². The van der Waals surface area contributed by atoms with Crippen molar-refractivity contribution in [1.82, 2.24) is 15.0 Å². The van der Waals surface area contributed by atoms with Crippen molar-refractivity contribution >= 4 is 11.2 Å². The van der Waals surface area contributed by atoms with E-state index in [1.54, 1.807) is 0 Å². The molecule has 3 heterocycles. The average molecular weight is 365 g/mol. The number of aromatic nitrogens is 3. The van der Waals surface area contributed by atoms with E-state index < -0.39 is 65.6 Å². The lowest BCUT2D eigenvalue weighted by molar-refractivity contribution is -0.143. The summed E-state index contributed by atoms with van der Waals surface area (Å²) >= 11 is 0. The lowest BCUT2D eigenvalue weighted by Gasteiger charge is -2.14. The van der Waals surface area contributed by atoms with Crippen LogP contribution in [0, 0.1) is 5.95 Å². The van der Waals surface area contributed by atoms with Gasteiger partial charge >= 0.3 is 6.18 Å². The van der Waals surface area contributed by atoms with Gasteiger partial charge in [-0.25, -0.2) is 9.97 Å². The fourth-order valence-electron chi connectivity index (χ4n) is 2.56. The number of hydrogen-bond acceptors (Lipinski definition) is 7. The van der Waals surface area contributed by atoms with Crippen LogP contribution in [0.5, 0.6) is 0 Å². The molecule has 0 aliphatic carbocycles. The Kier molecular flexibility index (Phi) is 4.23. The van der Waals surface area contributed by atoms with Crippen molar-refractivity contribution < 1.29 is 37.6 Å². The number of halogens is 4. The third-order valence-electron chi connectivity index (χ3n) is 3.78. The molecule has 1 fully saturated rings. The van der Waals surface area contributed by atoms with Gasteiger partial charge in [0.05, 0.1) is 12.2 Å². The number of alkyl halides is 3.